The topological polar surface area (TPSA) is 96.7 Å². The summed E-state index contributed by atoms with van der Waals surface area (Å²) in [4.78, 5) is 3.90. The maximum atomic E-state index is 6.10. The summed E-state index contributed by atoms with van der Waals surface area (Å²) < 4.78 is 8.56. The molecule has 0 amide bonds. The number of hydrogen-bond donors (Lipinski definition) is 1. The van der Waals surface area contributed by atoms with Crippen LogP contribution in [0, 0.1) is 0 Å². The molecule has 9 heteroatoms. The van der Waals surface area contributed by atoms with Gasteiger partial charge in [-0.15, -0.1) is 10.2 Å². The second-order valence-electron chi connectivity index (χ2n) is 4.38. The van der Waals surface area contributed by atoms with Gasteiger partial charge in [0.05, 0.1) is 19.2 Å². The van der Waals surface area contributed by atoms with Gasteiger partial charge in [0.15, 0.2) is 5.82 Å². The molecule has 114 valence electrons. The van der Waals surface area contributed by atoms with Crippen LogP contribution in [0.3, 0.4) is 0 Å². The summed E-state index contributed by atoms with van der Waals surface area (Å²) in [7, 11) is 1.61. The van der Waals surface area contributed by atoms with Crippen LogP contribution in [0.25, 0.3) is 11.4 Å². The third-order valence-corrected chi connectivity index (χ3v) is 3.95. The van der Waals surface area contributed by atoms with E-state index in [1.807, 2.05) is 24.3 Å². The molecule has 3 rings (SSSR count). The number of nitrogen functional groups attached to an aromatic ring is 1. The Hall–Kier alpha value is -2.55. The van der Waals surface area contributed by atoms with Crippen LogP contribution in [0.2, 0.25) is 0 Å². The van der Waals surface area contributed by atoms with E-state index >= 15 is 0 Å². The Kier molecular flexibility index (Phi) is 4.24. The number of thioether (sulfide) groups is 1. The fourth-order valence-corrected chi connectivity index (χ4v) is 2.75. The first-order valence-corrected chi connectivity index (χ1v) is 7.57. The molecule has 0 saturated heterocycles. The highest BCUT2D eigenvalue weighted by Crippen LogP contribution is 2.29. The number of nitrogens with two attached hydrogens (primary N) is 1. The number of benzene rings is 1. The summed E-state index contributed by atoms with van der Waals surface area (Å²) in [5.41, 5.74) is 0.808. The van der Waals surface area contributed by atoms with E-state index in [2.05, 4.69) is 20.3 Å². The van der Waals surface area contributed by atoms with E-state index in [1.165, 1.54) is 22.8 Å². The Morgan fingerprint density at radius 2 is 2.14 bits per heavy atom. The largest absolute Gasteiger partial charge is 0.496 e. The van der Waals surface area contributed by atoms with Crippen molar-refractivity contribution < 1.29 is 4.74 Å². The number of ether oxygens (including phenoxy) is 1. The third-order valence-electron chi connectivity index (χ3n) is 3.03. The Labute approximate surface area is 131 Å². The van der Waals surface area contributed by atoms with Gasteiger partial charge >= 0.3 is 0 Å². The molecular weight excluding hydrogens is 302 g/mol. The first kappa shape index (κ1) is 14.4. The molecule has 0 aliphatic heterocycles. The Morgan fingerprint density at radius 1 is 1.27 bits per heavy atom. The minimum absolute atomic E-state index is 0.570. The number of aryl methyl sites for hydroxylation is 1. The van der Waals surface area contributed by atoms with Crippen molar-refractivity contribution >= 4 is 11.8 Å². The lowest BCUT2D eigenvalue weighted by molar-refractivity contribution is 0.416. The molecule has 0 saturated carbocycles. The SMILES string of the molecule is COc1ccccc1-c1nnc(SCCn2cncn2)n1N. The smallest absolute Gasteiger partial charge is 0.210 e. The number of methoxy groups -OCH3 is 1. The van der Waals surface area contributed by atoms with Crippen LogP contribution in [0.5, 0.6) is 5.75 Å². The number of para-hydroxylation sites is 1. The molecule has 1 aromatic carbocycles. The summed E-state index contributed by atoms with van der Waals surface area (Å²) in [6, 6.07) is 7.56. The van der Waals surface area contributed by atoms with Gasteiger partial charge in [-0.3, -0.25) is 4.68 Å². The molecular formula is C13H15N7OS. The van der Waals surface area contributed by atoms with E-state index in [0.717, 1.165) is 17.9 Å². The summed E-state index contributed by atoms with van der Waals surface area (Å²) in [5, 5.41) is 13.0. The number of aromatic nitrogens is 6. The fraction of sp³-hybridized carbons (Fsp3) is 0.231. The third kappa shape index (κ3) is 2.89. The summed E-state index contributed by atoms with van der Waals surface area (Å²) >= 11 is 1.51. The molecule has 0 aliphatic rings. The predicted octanol–water partition coefficient (Wildman–Crippen LogP) is 1.05. The second kappa shape index (κ2) is 6.48. The van der Waals surface area contributed by atoms with E-state index in [0.29, 0.717) is 16.7 Å². The molecule has 0 radical (unpaired) electrons. The maximum absolute atomic E-state index is 6.10. The van der Waals surface area contributed by atoms with Crippen molar-refractivity contribution in [1.29, 1.82) is 0 Å². The van der Waals surface area contributed by atoms with Gasteiger partial charge < -0.3 is 10.6 Å². The average molecular weight is 317 g/mol. The zero-order valence-corrected chi connectivity index (χ0v) is 12.8. The molecule has 3 aromatic rings. The monoisotopic (exact) mass is 317 g/mol. The summed E-state index contributed by atoms with van der Waals surface area (Å²) in [5.74, 6) is 8.15. The minimum Gasteiger partial charge on any atom is -0.496 e. The Balaban J connectivity index is 1.74. The van der Waals surface area contributed by atoms with Gasteiger partial charge in [-0.05, 0) is 12.1 Å². The second-order valence-corrected chi connectivity index (χ2v) is 5.45. The summed E-state index contributed by atoms with van der Waals surface area (Å²) in [6.07, 6.45) is 3.18. The van der Waals surface area contributed by atoms with E-state index in [-0.39, 0.29) is 0 Å². The van der Waals surface area contributed by atoms with E-state index < -0.39 is 0 Å². The zero-order valence-electron chi connectivity index (χ0n) is 12.0. The standard InChI is InChI=1S/C13H15N7OS/c1-21-11-5-3-2-4-10(11)12-17-18-13(20(12)14)22-7-6-19-9-15-8-16-19/h2-5,8-9H,6-7,14H2,1H3. The zero-order chi connectivity index (χ0) is 15.4. The normalized spacial score (nSPS) is 10.8. The van der Waals surface area contributed by atoms with Gasteiger partial charge in [0, 0.05) is 5.75 Å². The van der Waals surface area contributed by atoms with Gasteiger partial charge in [-0.25, -0.2) is 9.66 Å². The van der Waals surface area contributed by atoms with Crippen molar-refractivity contribution in [1.82, 2.24) is 29.6 Å². The van der Waals surface area contributed by atoms with Gasteiger partial charge in [0.2, 0.25) is 5.16 Å². The lowest BCUT2D eigenvalue weighted by Crippen LogP contribution is -2.12. The van der Waals surface area contributed by atoms with Crippen LogP contribution in [-0.2, 0) is 6.54 Å². The van der Waals surface area contributed by atoms with Gasteiger partial charge in [-0.2, -0.15) is 5.10 Å². The number of hydrogen-bond acceptors (Lipinski definition) is 7. The first-order valence-electron chi connectivity index (χ1n) is 6.58. The highest BCUT2D eigenvalue weighted by Gasteiger charge is 2.15. The number of rotatable bonds is 6. The molecule has 0 spiro atoms. The molecule has 8 nitrogen and oxygen atoms in total. The van der Waals surface area contributed by atoms with Gasteiger partial charge in [0.25, 0.3) is 0 Å². The van der Waals surface area contributed by atoms with Crippen LogP contribution in [0.1, 0.15) is 0 Å². The molecule has 22 heavy (non-hydrogen) atoms. The Bertz CT molecular complexity index is 741. The van der Waals surface area contributed by atoms with E-state index in [4.69, 9.17) is 10.6 Å². The van der Waals surface area contributed by atoms with Crippen molar-refractivity contribution in [3.8, 4) is 17.1 Å². The van der Waals surface area contributed by atoms with Crippen LogP contribution < -0.4 is 10.6 Å². The first-order chi connectivity index (χ1) is 10.8. The quantitative estimate of drug-likeness (QED) is 0.536. The average Bonchev–Trinajstić information content (AvgIpc) is 3.18. The molecule has 0 fully saturated rings. The molecule has 0 bridgehead atoms. The van der Waals surface area contributed by atoms with E-state index in [1.54, 1.807) is 18.1 Å². The molecule has 2 N–H and O–H groups in total. The lowest BCUT2D eigenvalue weighted by Gasteiger charge is -2.07. The van der Waals surface area contributed by atoms with Crippen LogP contribution >= 0.6 is 11.8 Å². The molecule has 0 unspecified atom stereocenters. The highest BCUT2D eigenvalue weighted by molar-refractivity contribution is 7.99. The van der Waals surface area contributed by atoms with Crippen molar-refractivity contribution in [3.05, 3.63) is 36.9 Å². The van der Waals surface area contributed by atoms with Gasteiger partial charge in [-0.1, -0.05) is 23.9 Å². The van der Waals surface area contributed by atoms with Crippen molar-refractivity contribution in [2.75, 3.05) is 18.7 Å². The fourth-order valence-electron chi connectivity index (χ4n) is 1.97. The van der Waals surface area contributed by atoms with E-state index in [9.17, 15) is 0 Å². The van der Waals surface area contributed by atoms with Crippen molar-refractivity contribution in [2.45, 2.75) is 11.7 Å². The van der Waals surface area contributed by atoms with Crippen LogP contribution in [0.15, 0.2) is 42.1 Å². The highest BCUT2D eigenvalue weighted by atomic mass is 32.2. The van der Waals surface area contributed by atoms with Crippen molar-refractivity contribution in [2.24, 2.45) is 0 Å². The molecule has 2 heterocycles. The predicted molar refractivity (Wildman–Crippen MR) is 82.9 cm³/mol. The Morgan fingerprint density at radius 3 is 2.91 bits per heavy atom. The number of nitrogens with zero attached hydrogens (tertiary/aromatic N) is 6. The molecule has 2 aromatic heterocycles. The maximum Gasteiger partial charge on any atom is 0.210 e. The molecule has 0 atom stereocenters. The van der Waals surface area contributed by atoms with Crippen molar-refractivity contribution in [3.63, 3.8) is 0 Å². The lowest BCUT2D eigenvalue weighted by atomic mass is 10.2. The molecule has 0 aliphatic carbocycles. The van der Waals surface area contributed by atoms with Crippen LogP contribution in [-0.4, -0.2) is 42.5 Å². The summed E-state index contributed by atoms with van der Waals surface area (Å²) in [6.45, 7) is 0.724. The van der Waals surface area contributed by atoms with Gasteiger partial charge in [0.1, 0.15) is 18.4 Å². The minimum atomic E-state index is 0.570. The van der Waals surface area contributed by atoms with Crippen LogP contribution in [0.4, 0.5) is 0 Å².